The number of ether oxygens (including phenoxy) is 2. The fourth-order valence-corrected chi connectivity index (χ4v) is 4.44. The number of hydrogen-bond acceptors (Lipinski definition) is 5. The molecule has 0 bridgehead atoms. The minimum atomic E-state index is -0.107. The van der Waals surface area contributed by atoms with Crippen molar-refractivity contribution in [2.45, 2.75) is 58.6 Å². The molecule has 1 aromatic carbocycles. The van der Waals surface area contributed by atoms with E-state index >= 15 is 0 Å². The van der Waals surface area contributed by atoms with Gasteiger partial charge >= 0.3 is 0 Å². The standard InChI is InChI=1S/C25H39N3O4/c1-6-12-28-14-17(2)23(31-5)15-27(4)25(30)21-11-10-20(13-22(21)32-16-18(28)3)26-24(29)19-8-7-9-19/h10-11,13,17-19,23H,6-9,12,14-16H2,1-5H3,(H,26,29)/t17-,18-,23+/m1/s1. The predicted octanol–water partition coefficient (Wildman–Crippen LogP) is 3.64. The fraction of sp³-hybridized carbons (Fsp3) is 0.680. The van der Waals surface area contributed by atoms with E-state index in [1.165, 1.54) is 0 Å². The Morgan fingerprint density at radius 2 is 2.00 bits per heavy atom. The Bertz CT molecular complexity index is 795. The molecule has 0 radical (unpaired) electrons. The minimum Gasteiger partial charge on any atom is -0.491 e. The van der Waals surface area contributed by atoms with Gasteiger partial charge < -0.3 is 19.7 Å². The van der Waals surface area contributed by atoms with E-state index in [1.807, 2.05) is 0 Å². The molecule has 3 atom stereocenters. The van der Waals surface area contributed by atoms with E-state index in [1.54, 1.807) is 37.3 Å². The van der Waals surface area contributed by atoms with Crippen molar-refractivity contribution in [2.24, 2.45) is 11.8 Å². The first-order valence-corrected chi connectivity index (χ1v) is 11.9. The zero-order valence-electron chi connectivity index (χ0n) is 20.2. The van der Waals surface area contributed by atoms with Crippen LogP contribution < -0.4 is 10.1 Å². The van der Waals surface area contributed by atoms with Gasteiger partial charge in [-0.25, -0.2) is 0 Å². The summed E-state index contributed by atoms with van der Waals surface area (Å²) in [6.45, 7) is 9.35. The lowest BCUT2D eigenvalue weighted by atomic mass is 9.85. The zero-order valence-corrected chi connectivity index (χ0v) is 20.2. The van der Waals surface area contributed by atoms with Crippen LogP contribution in [0, 0.1) is 11.8 Å². The number of rotatable bonds is 5. The van der Waals surface area contributed by atoms with E-state index in [0.717, 1.165) is 38.8 Å². The van der Waals surface area contributed by atoms with Gasteiger partial charge in [0.05, 0.1) is 11.7 Å². The number of methoxy groups -OCH3 is 1. The average Bonchev–Trinajstić information content (AvgIpc) is 2.72. The molecular weight excluding hydrogens is 406 g/mol. The maximum atomic E-state index is 13.3. The SMILES string of the molecule is CCCN1C[C@@H](C)[C@@H](OC)CN(C)C(=O)c2ccc(NC(=O)C3CCC3)cc2OC[C@H]1C. The second kappa shape index (κ2) is 11.1. The molecule has 0 unspecified atom stereocenters. The van der Waals surface area contributed by atoms with Crippen LogP contribution in [0.4, 0.5) is 5.69 Å². The van der Waals surface area contributed by atoms with E-state index < -0.39 is 0 Å². The molecule has 7 nitrogen and oxygen atoms in total. The van der Waals surface area contributed by atoms with Crippen LogP contribution in [0.25, 0.3) is 0 Å². The van der Waals surface area contributed by atoms with Crippen LogP contribution in [-0.4, -0.2) is 74.2 Å². The summed E-state index contributed by atoms with van der Waals surface area (Å²) in [6, 6.07) is 5.52. The average molecular weight is 446 g/mol. The molecule has 1 aliphatic carbocycles. The maximum Gasteiger partial charge on any atom is 0.257 e. The molecule has 0 saturated heterocycles. The molecule has 2 amide bonds. The number of likely N-dealkylation sites (N-methyl/N-ethyl adjacent to an activating group) is 1. The van der Waals surface area contributed by atoms with Crippen LogP contribution in [0.5, 0.6) is 5.75 Å². The third kappa shape index (κ3) is 5.81. The molecule has 0 aromatic heterocycles. The van der Waals surface area contributed by atoms with Crippen molar-refractivity contribution in [3.8, 4) is 5.75 Å². The van der Waals surface area contributed by atoms with Gasteiger partial charge in [-0.1, -0.05) is 20.3 Å². The van der Waals surface area contributed by atoms with Gasteiger partial charge in [-0.2, -0.15) is 0 Å². The summed E-state index contributed by atoms with van der Waals surface area (Å²) in [6.07, 6.45) is 4.00. The maximum absolute atomic E-state index is 13.3. The first-order chi connectivity index (χ1) is 15.3. The van der Waals surface area contributed by atoms with Gasteiger partial charge in [0.2, 0.25) is 5.91 Å². The Morgan fingerprint density at radius 1 is 1.25 bits per heavy atom. The fourth-order valence-electron chi connectivity index (χ4n) is 4.44. The molecule has 1 fully saturated rings. The number of anilines is 1. The van der Waals surface area contributed by atoms with Gasteiger partial charge in [0.1, 0.15) is 12.4 Å². The number of fused-ring (bicyclic) bond motifs is 1. The van der Waals surface area contributed by atoms with Gasteiger partial charge in [-0.15, -0.1) is 0 Å². The first-order valence-electron chi connectivity index (χ1n) is 11.9. The van der Waals surface area contributed by atoms with Gasteiger partial charge in [0.15, 0.2) is 0 Å². The Kier molecular flexibility index (Phi) is 8.54. The van der Waals surface area contributed by atoms with Crippen molar-refractivity contribution in [1.82, 2.24) is 9.80 Å². The minimum absolute atomic E-state index is 0.0483. The molecule has 1 heterocycles. The summed E-state index contributed by atoms with van der Waals surface area (Å²) in [5, 5.41) is 2.99. The Morgan fingerprint density at radius 3 is 2.62 bits per heavy atom. The quantitative estimate of drug-likeness (QED) is 0.749. The highest BCUT2D eigenvalue weighted by Crippen LogP contribution is 2.30. The second-order valence-corrected chi connectivity index (χ2v) is 9.42. The summed E-state index contributed by atoms with van der Waals surface area (Å²) in [5.74, 6) is 0.823. The number of carbonyl (C=O) groups excluding carboxylic acids is 2. The molecule has 0 spiro atoms. The van der Waals surface area contributed by atoms with Gasteiger partial charge in [0, 0.05) is 51.0 Å². The van der Waals surface area contributed by atoms with Crippen molar-refractivity contribution in [3.63, 3.8) is 0 Å². The topological polar surface area (TPSA) is 71.1 Å². The van der Waals surface area contributed by atoms with Crippen LogP contribution in [0.15, 0.2) is 18.2 Å². The highest BCUT2D eigenvalue weighted by atomic mass is 16.5. The highest BCUT2D eigenvalue weighted by Gasteiger charge is 2.29. The van der Waals surface area contributed by atoms with Crippen molar-refractivity contribution in [1.29, 1.82) is 0 Å². The molecule has 1 aliphatic heterocycles. The number of amides is 2. The lowest BCUT2D eigenvalue weighted by Crippen LogP contribution is -2.46. The van der Waals surface area contributed by atoms with Crippen LogP contribution in [-0.2, 0) is 9.53 Å². The third-order valence-electron chi connectivity index (χ3n) is 6.83. The molecule has 178 valence electrons. The number of hydrogen-bond donors (Lipinski definition) is 1. The zero-order chi connectivity index (χ0) is 23.3. The van der Waals surface area contributed by atoms with Crippen molar-refractivity contribution >= 4 is 17.5 Å². The van der Waals surface area contributed by atoms with Gasteiger partial charge in [0.25, 0.3) is 5.91 Å². The normalized spacial score (nSPS) is 25.7. The van der Waals surface area contributed by atoms with E-state index in [0.29, 0.717) is 30.2 Å². The van der Waals surface area contributed by atoms with Crippen LogP contribution in [0.3, 0.4) is 0 Å². The Labute approximate surface area is 192 Å². The predicted molar refractivity (Wildman–Crippen MR) is 126 cm³/mol. The molecule has 1 saturated carbocycles. The summed E-state index contributed by atoms with van der Waals surface area (Å²) in [5.41, 5.74) is 1.18. The molecule has 3 rings (SSSR count). The van der Waals surface area contributed by atoms with Crippen molar-refractivity contribution < 1.29 is 19.1 Å². The molecule has 1 aromatic rings. The molecule has 1 N–H and O–H groups in total. The van der Waals surface area contributed by atoms with Crippen LogP contribution in [0.1, 0.15) is 56.8 Å². The molecule has 32 heavy (non-hydrogen) atoms. The number of nitrogens with zero attached hydrogens (tertiary/aromatic N) is 2. The molecule has 2 aliphatic rings. The van der Waals surface area contributed by atoms with E-state index in [-0.39, 0.29) is 35.8 Å². The Balaban J connectivity index is 1.88. The lowest BCUT2D eigenvalue weighted by molar-refractivity contribution is -0.122. The number of carbonyl (C=O) groups is 2. The van der Waals surface area contributed by atoms with Crippen molar-refractivity contribution in [3.05, 3.63) is 23.8 Å². The largest absolute Gasteiger partial charge is 0.491 e. The third-order valence-corrected chi connectivity index (χ3v) is 6.83. The van der Waals surface area contributed by atoms with E-state index in [4.69, 9.17) is 9.47 Å². The van der Waals surface area contributed by atoms with Gasteiger partial charge in [-0.3, -0.25) is 14.5 Å². The van der Waals surface area contributed by atoms with Gasteiger partial charge in [-0.05, 0) is 50.8 Å². The summed E-state index contributed by atoms with van der Waals surface area (Å²) in [7, 11) is 3.52. The van der Waals surface area contributed by atoms with E-state index in [9.17, 15) is 9.59 Å². The monoisotopic (exact) mass is 445 g/mol. The molecule has 7 heteroatoms. The molecular formula is C25H39N3O4. The second-order valence-electron chi connectivity index (χ2n) is 9.42. The van der Waals surface area contributed by atoms with Crippen LogP contribution in [0.2, 0.25) is 0 Å². The summed E-state index contributed by atoms with van der Waals surface area (Å²) in [4.78, 5) is 29.8. The highest BCUT2D eigenvalue weighted by molar-refractivity contribution is 5.99. The number of nitrogens with one attached hydrogen (secondary N) is 1. The van der Waals surface area contributed by atoms with Crippen LogP contribution >= 0.6 is 0 Å². The number of benzene rings is 1. The lowest BCUT2D eigenvalue weighted by Gasteiger charge is -2.36. The van der Waals surface area contributed by atoms with E-state index in [2.05, 4.69) is 31.0 Å². The smallest absolute Gasteiger partial charge is 0.257 e. The summed E-state index contributed by atoms with van der Waals surface area (Å²) < 4.78 is 12.0. The van der Waals surface area contributed by atoms with Crippen molar-refractivity contribution in [2.75, 3.05) is 45.7 Å². The Hall–Kier alpha value is -2.12. The first kappa shape index (κ1) is 24.5. The summed E-state index contributed by atoms with van der Waals surface area (Å²) >= 11 is 0.